The van der Waals surface area contributed by atoms with Crippen molar-refractivity contribution in [2.24, 2.45) is 0 Å². The maximum atomic E-state index is 12.6. The molecule has 4 rings (SSSR count). The van der Waals surface area contributed by atoms with E-state index >= 15 is 0 Å². The molecule has 6 heteroatoms. The average molecular weight is 413 g/mol. The summed E-state index contributed by atoms with van der Waals surface area (Å²) in [5.41, 5.74) is 4.03. The van der Waals surface area contributed by atoms with Crippen LogP contribution in [-0.2, 0) is 4.79 Å². The van der Waals surface area contributed by atoms with Gasteiger partial charge in [0.1, 0.15) is 11.5 Å². The number of ether oxygens (including phenoxy) is 2. The lowest BCUT2D eigenvalue weighted by Crippen LogP contribution is -2.30. The number of hydrogen-bond acceptors (Lipinski definition) is 5. The standard InChI is InChI=1S/C25H23N3O3/c1-3-30-24-11-7-6-10-22(24)28-25(29)17(2)31-19-14-12-18(13-15-19)23-16-26-20-8-4-5-9-21(20)27-23/h4-17H,3H2,1-2H3,(H,28,29)/t17-/m0/s1. The predicted octanol–water partition coefficient (Wildman–Crippen LogP) is 5.10. The third kappa shape index (κ3) is 4.80. The van der Waals surface area contributed by atoms with Crippen molar-refractivity contribution in [3.05, 3.63) is 79.0 Å². The Morgan fingerprint density at radius 3 is 2.45 bits per heavy atom. The number of hydrogen-bond donors (Lipinski definition) is 1. The molecule has 0 spiro atoms. The molecule has 3 aromatic carbocycles. The summed E-state index contributed by atoms with van der Waals surface area (Å²) in [6.07, 6.45) is 1.07. The van der Waals surface area contributed by atoms with Crippen LogP contribution in [-0.4, -0.2) is 28.6 Å². The molecule has 156 valence electrons. The van der Waals surface area contributed by atoms with Gasteiger partial charge < -0.3 is 14.8 Å². The van der Waals surface area contributed by atoms with Crippen molar-refractivity contribution in [1.82, 2.24) is 9.97 Å². The number of carbonyl (C=O) groups is 1. The highest BCUT2D eigenvalue weighted by atomic mass is 16.5. The molecular weight excluding hydrogens is 390 g/mol. The van der Waals surface area contributed by atoms with Gasteiger partial charge in [0.2, 0.25) is 0 Å². The van der Waals surface area contributed by atoms with Gasteiger partial charge in [0.15, 0.2) is 6.10 Å². The van der Waals surface area contributed by atoms with E-state index < -0.39 is 6.10 Å². The van der Waals surface area contributed by atoms with E-state index in [0.29, 0.717) is 23.8 Å². The largest absolute Gasteiger partial charge is 0.492 e. The molecule has 0 aliphatic carbocycles. The van der Waals surface area contributed by atoms with Crippen molar-refractivity contribution in [3.63, 3.8) is 0 Å². The molecule has 0 radical (unpaired) electrons. The number of rotatable bonds is 7. The van der Waals surface area contributed by atoms with Gasteiger partial charge in [0.25, 0.3) is 5.91 Å². The summed E-state index contributed by atoms with van der Waals surface area (Å²) < 4.78 is 11.4. The summed E-state index contributed by atoms with van der Waals surface area (Å²) in [7, 11) is 0. The molecule has 31 heavy (non-hydrogen) atoms. The molecule has 1 heterocycles. The van der Waals surface area contributed by atoms with Gasteiger partial charge in [-0.25, -0.2) is 4.98 Å². The molecule has 0 fully saturated rings. The lowest BCUT2D eigenvalue weighted by molar-refractivity contribution is -0.122. The van der Waals surface area contributed by atoms with Gasteiger partial charge in [-0.05, 0) is 62.4 Å². The van der Waals surface area contributed by atoms with Crippen molar-refractivity contribution in [1.29, 1.82) is 0 Å². The smallest absolute Gasteiger partial charge is 0.265 e. The number of benzene rings is 3. The fourth-order valence-electron chi connectivity index (χ4n) is 3.14. The summed E-state index contributed by atoms with van der Waals surface area (Å²) >= 11 is 0. The number of carbonyl (C=O) groups excluding carboxylic acids is 1. The molecule has 0 aliphatic heterocycles. The van der Waals surface area contributed by atoms with Crippen LogP contribution in [0.5, 0.6) is 11.5 Å². The summed E-state index contributed by atoms with van der Waals surface area (Å²) in [6, 6.07) is 22.5. The lowest BCUT2D eigenvalue weighted by atomic mass is 10.1. The second-order valence-electron chi connectivity index (χ2n) is 6.95. The molecule has 6 nitrogen and oxygen atoms in total. The molecule has 0 saturated heterocycles. The number of fused-ring (bicyclic) bond motifs is 1. The van der Waals surface area contributed by atoms with Crippen LogP contribution in [0.4, 0.5) is 5.69 Å². The third-order valence-corrected chi connectivity index (χ3v) is 4.73. The van der Waals surface area contributed by atoms with Crippen molar-refractivity contribution in [2.75, 3.05) is 11.9 Å². The van der Waals surface area contributed by atoms with E-state index in [2.05, 4.69) is 15.3 Å². The first kappa shape index (κ1) is 20.3. The molecule has 4 aromatic rings. The number of anilines is 1. The minimum Gasteiger partial charge on any atom is -0.492 e. The van der Waals surface area contributed by atoms with Crippen LogP contribution < -0.4 is 14.8 Å². The van der Waals surface area contributed by atoms with Gasteiger partial charge >= 0.3 is 0 Å². The van der Waals surface area contributed by atoms with E-state index in [9.17, 15) is 4.79 Å². The van der Waals surface area contributed by atoms with E-state index in [1.807, 2.05) is 73.7 Å². The number of nitrogens with zero attached hydrogens (tertiary/aromatic N) is 2. The van der Waals surface area contributed by atoms with E-state index in [1.54, 1.807) is 19.2 Å². The normalized spacial score (nSPS) is 11.7. The van der Waals surface area contributed by atoms with Crippen LogP contribution in [0.15, 0.2) is 79.0 Å². The lowest BCUT2D eigenvalue weighted by Gasteiger charge is -2.16. The number of para-hydroxylation sites is 4. The Morgan fingerprint density at radius 1 is 0.968 bits per heavy atom. The second-order valence-corrected chi connectivity index (χ2v) is 6.95. The summed E-state index contributed by atoms with van der Waals surface area (Å²) in [4.78, 5) is 21.7. The van der Waals surface area contributed by atoms with Gasteiger partial charge in [0.05, 0.1) is 35.2 Å². The van der Waals surface area contributed by atoms with Crippen molar-refractivity contribution < 1.29 is 14.3 Å². The molecule has 0 unspecified atom stereocenters. The number of aromatic nitrogens is 2. The molecule has 1 aromatic heterocycles. The van der Waals surface area contributed by atoms with Crippen LogP contribution in [0, 0.1) is 0 Å². The zero-order valence-corrected chi connectivity index (χ0v) is 17.4. The zero-order chi connectivity index (χ0) is 21.6. The highest BCUT2D eigenvalue weighted by Gasteiger charge is 2.17. The topological polar surface area (TPSA) is 73.3 Å². The zero-order valence-electron chi connectivity index (χ0n) is 17.4. The Balaban J connectivity index is 1.43. The molecule has 1 atom stereocenters. The molecule has 1 amide bonds. The Hall–Kier alpha value is -3.93. The Bertz CT molecular complexity index is 1190. The minimum absolute atomic E-state index is 0.253. The quantitative estimate of drug-likeness (QED) is 0.456. The monoisotopic (exact) mass is 413 g/mol. The molecular formula is C25H23N3O3. The number of amides is 1. The Morgan fingerprint density at radius 2 is 1.68 bits per heavy atom. The summed E-state index contributed by atoms with van der Waals surface area (Å²) in [5, 5.41) is 2.86. The van der Waals surface area contributed by atoms with Gasteiger partial charge in [0, 0.05) is 5.56 Å². The van der Waals surface area contributed by atoms with Crippen LogP contribution in [0.1, 0.15) is 13.8 Å². The van der Waals surface area contributed by atoms with Crippen molar-refractivity contribution >= 4 is 22.6 Å². The van der Waals surface area contributed by atoms with Gasteiger partial charge in [-0.3, -0.25) is 9.78 Å². The third-order valence-electron chi connectivity index (χ3n) is 4.73. The summed E-state index contributed by atoms with van der Waals surface area (Å²) in [5.74, 6) is 0.973. The fourth-order valence-corrected chi connectivity index (χ4v) is 3.14. The molecule has 1 N–H and O–H groups in total. The maximum Gasteiger partial charge on any atom is 0.265 e. The molecule has 0 saturated carbocycles. The SMILES string of the molecule is CCOc1ccccc1NC(=O)[C@H](C)Oc1ccc(-c2cnc3ccccc3n2)cc1. The number of nitrogens with one attached hydrogen (secondary N) is 1. The van der Waals surface area contributed by atoms with Gasteiger partial charge in [-0.15, -0.1) is 0 Å². The van der Waals surface area contributed by atoms with Gasteiger partial charge in [-0.1, -0.05) is 24.3 Å². The Labute approximate surface area is 180 Å². The first-order valence-electron chi connectivity index (χ1n) is 10.2. The maximum absolute atomic E-state index is 12.6. The predicted molar refractivity (Wildman–Crippen MR) is 121 cm³/mol. The van der Waals surface area contributed by atoms with Crippen molar-refractivity contribution in [2.45, 2.75) is 20.0 Å². The van der Waals surface area contributed by atoms with E-state index in [0.717, 1.165) is 22.3 Å². The van der Waals surface area contributed by atoms with E-state index in [-0.39, 0.29) is 5.91 Å². The first-order chi connectivity index (χ1) is 15.1. The van der Waals surface area contributed by atoms with Crippen LogP contribution in [0.25, 0.3) is 22.3 Å². The van der Waals surface area contributed by atoms with Crippen molar-refractivity contribution in [3.8, 4) is 22.8 Å². The van der Waals surface area contributed by atoms with Crippen LogP contribution in [0.3, 0.4) is 0 Å². The highest BCUT2D eigenvalue weighted by Crippen LogP contribution is 2.25. The Kier molecular flexibility index (Phi) is 6.08. The van der Waals surface area contributed by atoms with Gasteiger partial charge in [-0.2, -0.15) is 0 Å². The van der Waals surface area contributed by atoms with E-state index in [4.69, 9.17) is 9.47 Å². The van der Waals surface area contributed by atoms with Crippen LogP contribution >= 0.6 is 0 Å². The minimum atomic E-state index is -0.680. The fraction of sp³-hybridized carbons (Fsp3) is 0.160. The summed E-state index contributed by atoms with van der Waals surface area (Å²) in [6.45, 7) is 4.13. The van der Waals surface area contributed by atoms with E-state index in [1.165, 1.54) is 0 Å². The molecule has 0 bridgehead atoms. The second kappa shape index (κ2) is 9.26. The van der Waals surface area contributed by atoms with Crippen LogP contribution in [0.2, 0.25) is 0 Å². The highest BCUT2D eigenvalue weighted by molar-refractivity contribution is 5.95. The molecule has 0 aliphatic rings. The first-order valence-corrected chi connectivity index (χ1v) is 10.2. The average Bonchev–Trinajstić information content (AvgIpc) is 2.80.